The van der Waals surface area contributed by atoms with Gasteiger partial charge in [-0.2, -0.15) is 0 Å². The van der Waals surface area contributed by atoms with E-state index in [0.29, 0.717) is 12.0 Å². The molecule has 5 atom stereocenters. The van der Waals surface area contributed by atoms with Crippen LogP contribution in [-0.4, -0.2) is 35.4 Å². The zero-order chi connectivity index (χ0) is 16.2. The number of aliphatic hydroxyl groups excluding tert-OH is 1. The van der Waals surface area contributed by atoms with Gasteiger partial charge in [0.2, 0.25) is 0 Å². The quantitative estimate of drug-likeness (QED) is 0.455. The maximum Gasteiger partial charge on any atom is 0.334 e. The molecular formula is C17H22O5. The van der Waals surface area contributed by atoms with E-state index in [1.54, 1.807) is 0 Å². The zero-order valence-electron chi connectivity index (χ0n) is 13.2. The largest absolute Gasteiger partial charge is 0.458 e. The van der Waals surface area contributed by atoms with Gasteiger partial charge in [-0.05, 0) is 30.9 Å². The van der Waals surface area contributed by atoms with Gasteiger partial charge in [-0.1, -0.05) is 13.5 Å². The van der Waals surface area contributed by atoms with Gasteiger partial charge in [0.25, 0.3) is 0 Å². The van der Waals surface area contributed by atoms with Crippen molar-refractivity contribution in [2.75, 3.05) is 0 Å². The summed E-state index contributed by atoms with van der Waals surface area (Å²) in [6.07, 6.45) is 0.470. The molecule has 1 saturated heterocycles. The van der Waals surface area contributed by atoms with Gasteiger partial charge in [-0.15, -0.1) is 0 Å². The molecule has 1 saturated carbocycles. The molecule has 5 heteroatoms. The number of hydrogen-bond donors (Lipinski definition) is 1. The third kappa shape index (κ3) is 2.02. The van der Waals surface area contributed by atoms with Crippen LogP contribution in [0.2, 0.25) is 0 Å². The van der Waals surface area contributed by atoms with E-state index < -0.39 is 17.6 Å². The lowest BCUT2D eigenvalue weighted by Crippen LogP contribution is -2.50. The van der Waals surface area contributed by atoms with E-state index in [1.165, 1.54) is 6.92 Å². The van der Waals surface area contributed by atoms with Crippen LogP contribution < -0.4 is 0 Å². The second-order valence-corrected chi connectivity index (χ2v) is 6.86. The summed E-state index contributed by atoms with van der Waals surface area (Å²) >= 11 is 0. The van der Waals surface area contributed by atoms with Gasteiger partial charge in [0.05, 0.1) is 6.10 Å². The smallest absolute Gasteiger partial charge is 0.334 e. The van der Waals surface area contributed by atoms with Crippen LogP contribution in [0.5, 0.6) is 0 Å². The van der Waals surface area contributed by atoms with Crippen LogP contribution in [0.3, 0.4) is 0 Å². The summed E-state index contributed by atoms with van der Waals surface area (Å²) in [5.74, 6) is -0.765. The summed E-state index contributed by atoms with van der Waals surface area (Å²) in [5.41, 5.74) is 1.89. The highest BCUT2D eigenvalue weighted by Crippen LogP contribution is 2.55. The van der Waals surface area contributed by atoms with Gasteiger partial charge in [-0.25, -0.2) is 4.79 Å². The predicted molar refractivity (Wildman–Crippen MR) is 78.7 cm³/mol. The topological polar surface area (TPSA) is 72.8 Å². The number of carbonyl (C=O) groups is 2. The Morgan fingerprint density at radius 2 is 2.18 bits per heavy atom. The second-order valence-electron chi connectivity index (χ2n) is 6.86. The maximum atomic E-state index is 11.9. The van der Waals surface area contributed by atoms with Gasteiger partial charge in [-0.3, -0.25) is 4.79 Å². The lowest BCUT2D eigenvalue weighted by atomic mass is 9.58. The predicted octanol–water partition coefficient (Wildman–Crippen LogP) is 1.90. The van der Waals surface area contributed by atoms with E-state index >= 15 is 0 Å². The van der Waals surface area contributed by atoms with E-state index in [-0.39, 0.29) is 24.0 Å². The summed E-state index contributed by atoms with van der Waals surface area (Å²) in [7, 11) is 0. The number of ether oxygens (including phenoxy) is 2. The molecule has 3 aliphatic rings. The van der Waals surface area contributed by atoms with Crippen molar-refractivity contribution in [3.05, 3.63) is 23.3 Å². The SMILES string of the molecule is C=C1C(=O)OC2C3=C(C)C(OC(C)=O)CC(O)C3(C)CCC12. The molecule has 1 heterocycles. The Morgan fingerprint density at radius 3 is 2.82 bits per heavy atom. The molecule has 0 spiro atoms. The van der Waals surface area contributed by atoms with Crippen molar-refractivity contribution >= 4 is 11.9 Å². The molecule has 0 amide bonds. The molecule has 2 aliphatic carbocycles. The van der Waals surface area contributed by atoms with Crippen molar-refractivity contribution in [2.24, 2.45) is 11.3 Å². The Morgan fingerprint density at radius 1 is 1.50 bits per heavy atom. The van der Waals surface area contributed by atoms with E-state index in [4.69, 9.17) is 9.47 Å². The molecule has 3 rings (SSSR count). The lowest BCUT2D eigenvalue weighted by Gasteiger charge is -2.49. The molecule has 120 valence electrons. The van der Waals surface area contributed by atoms with Gasteiger partial charge >= 0.3 is 11.9 Å². The van der Waals surface area contributed by atoms with E-state index in [9.17, 15) is 14.7 Å². The summed E-state index contributed by atoms with van der Waals surface area (Å²) in [6, 6.07) is 0. The number of esters is 2. The molecule has 0 radical (unpaired) electrons. The molecule has 5 unspecified atom stereocenters. The summed E-state index contributed by atoms with van der Waals surface area (Å²) in [5, 5.41) is 10.6. The molecule has 0 aromatic rings. The average Bonchev–Trinajstić information content (AvgIpc) is 2.71. The fraction of sp³-hybridized carbons (Fsp3) is 0.647. The molecular weight excluding hydrogens is 284 g/mol. The third-order valence-corrected chi connectivity index (χ3v) is 5.57. The zero-order valence-corrected chi connectivity index (χ0v) is 13.2. The number of fused-ring (bicyclic) bond motifs is 3. The molecule has 22 heavy (non-hydrogen) atoms. The first-order valence-corrected chi connectivity index (χ1v) is 7.72. The maximum absolute atomic E-state index is 11.9. The lowest BCUT2D eigenvalue weighted by molar-refractivity contribution is -0.149. The summed E-state index contributed by atoms with van der Waals surface area (Å²) in [4.78, 5) is 23.2. The fourth-order valence-electron chi connectivity index (χ4n) is 4.28. The van der Waals surface area contributed by atoms with E-state index in [2.05, 4.69) is 6.58 Å². The van der Waals surface area contributed by atoms with Crippen LogP contribution in [-0.2, 0) is 19.1 Å². The Bertz CT molecular complexity index is 590. The third-order valence-electron chi connectivity index (χ3n) is 5.57. The molecule has 1 aliphatic heterocycles. The molecule has 1 N–H and O–H groups in total. The highest BCUT2D eigenvalue weighted by molar-refractivity contribution is 5.91. The summed E-state index contributed by atoms with van der Waals surface area (Å²) < 4.78 is 10.9. The van der Waals surface area contributed by atoms with Gasteiger partial charge < -0.3 is 14.6 Å². The van der Waals surface area contributed by atoms with Gasteiger partial charge in [0, 0.05) is 30.3 Å². The molecule has 2 fully saturated rings. The Balaban J connectivity index is 2.07. The van der Waals surface area contributed by atoms with Crippen LogP contribution in [0.4, 0.5) is 0 Å². The van der Waals surface area contributed by atoms with Crippen LogP contribution >= 0.6 is 0 Å². The standard InChI is InChI=1S/C17H22O5/c1-8-11-5-6-17(4)13(19)7-12(21-10(3)18)9(2)14(17)15(11)22-16(8)20/h11-13,15,19H,1,5-7H2,2-4H3. The first-order valence-electron chi connectivity index (χ1n) is 7.72. The number of aliphatic hydroxyl groups is 1. The first-order chi connectivity index (χ1) is 10.3. The van der Waals surface area contributed by atoms with E-state index in [0.717, 1.165) is 24.0 Å². The fourth-order valence-corrected chi connectivity index (χ4v) is 4.28. The van der Waals surface area contributed by atoms with Crippen LogP contribution in [0.1, 0.15) is 40.0 Å². The summed E-state index contributed by atoms with van der Waals surface area (Å²) in [6.45, 7) is 9.12. The normalized spacial score (nSPS) is 40.9. The minimum absolute atomic E-state index is 0.0335. The molecule has 0 bridgehead atoms. The van der Waals surface area contributed by atoms with Crippen LogP contribution in [0.15, 0.2) is 23.3 Å². The second kappa shape index (κ2) is 4.95. The average molecular weight is 306 g/mol. The van der Waals surface area contributed by atoms with Gasteiger partial charge in [0.1, 0.15) is 12.2 Å². The first kappa shape index (κ1) is 15.3. The van der Waals surface area contributed by atoms with Crippen molar-refractivity contribution in [2.45, 2.75) is 58.3 Å². The van der Waals surface area contributed by atoms with Crippen molar-refractivity contribution in [3.63, 3.8) is 0 Å². The molecule has 0 aromatic heterocycles. The minimum Gasteiger partial charge on any atom is -0.458 e. The van der Waals surface area contributed by atoms with Crippen molar-refractivity contribution in [1.29, 1.82) is 0 Å². The van der Waals surface area contributed by atoms with E-state index in [1.807, 2.05) is 13.8 Å². The van der Waals surface area contributed by atoms with Crippen molar-refractivity contribution in [1.82, 2.24) is 0 Å². The highest BCUT2D eigenvalue weighted by Gasteiger charge is 2.56. The number of rotatable bonds is 1. The van der Waals surface area contributed by atoms with Crippen LogP contribution in [0, 0.1) is 11.3 Å². The highest BCUT2D eigenvalue weighted by atomic mass is 16.6. The number of hydrogen-bond acceptors (Lipinski definition) is 5. The minimum atomic E-state index is -0.621. The molecule has 0 aromatic carbocycles. The van der Waals surface area contributed by atoms with Gasteiger partial charge in [0.15, 0.2) is 0 Å². The Kier molecular flexibility index (Phi) is 3.44. The Hall–Kier alpha value is -1.62. The van der Waals surface area contributed by atoms with Crippen LogP contribution in [0.25, 0.3) is 0 Å². The van der Waals surface area contributed by atoms with Crippen molar-refractivity contribution in [3.8, 4) is 0 Å². The Labute approximate surface area is 130 Å². The monoisotopic (exact) mass is 306 g/mol. The molecule has 5 nitrogen and oxygen atoms in total. The van der Waals surface area contributed by atoms with Crippen molar-refractivity contribution < 1.29 is 24.2 Å². The number of carbonyl (C=O) groups excluding carboxylic acids is 2.